The molecule has 0 aliphatic heterocycles. The number of rotatable bonds is 4. The highest BCUT2D eigenvalue weighted by Crippen LogP contribution is 2.37. The van der Waals surface area contributed by atoms with Gasteiger partial charge in [0.25, 0.3) is 5.56 Å². The lowest BCUT2D eigenvalue weighted by Gasteiger charge is -2.14. The molecule has 0 unspecified atom stereocenters. The molecule has 1 aliphatic carbocycles. The van der Waals surface area contributed by atoms with E-state index in [9.17, 15) is 14.9 Å². The van der Waals surface area contributed by atoms with Crippen molar-refractivity contribution in [3.63, 3.8) is 0 Å². The van der Waals surface area contributed by atoms with E-state index < -0.39 is 0 Å². The Bertz CT molecular complexity index is 1220. The second-order valence-electron chi connectivity index (χ2n) is 7.18. The molecule has 0 radical (unpaired) electrons. The van der Waals surface area contributed by atoms with Gasteiger partial charge in [0.1, 0.15) is 23.4 Å². The van der Waals surface area contributed by atoms with Crippen molar-refractivity contribution in [1.82, 2.24) is 4.57 Å². The Kier molecular flexibility index (Phi) is 5.12. The normalized spacial score (nSPS) is 13.0. The highest BCUT2D eigenvalue weighted by molar-refractivity contribution is 7.16. The van der Waals surface area contributed by atoms with E-state index in [1.165, 1.54) is 26.8 Å². The van der Waals surface area contributed by atoms with Crippen LogP contribution in [0.4, 0.5) is 5.00 Å². The quantitative estimate of drug-likeness (QED) is 0.714. The maximum atomic E-state index is 12.8. The first-order valence-corrected chi connectivity index (χ1v) is 10.4. The van der Waals surface area contributed by atoms with Gasteiger partial charge in [0, 0.05) is 16.3 Å². The number of para-hydroxylation sites is 1. The molecule has 2 aromatic heterocycles. The zero-order valence-electron chi connectivity index (χ0n) is 16.4. The molecule has 1 aliphatic rings. The van der Waals surface area contributed by atoms with Crippen LogP contribution >= 0.6 is 11.3 Å². The van der Waals surface area contributed by atoms with Crippen LogP contribution < -0.4 is 15.6 Å². The third-order valence-electron chi connectivity index (χ3n) is 5.36. The van der Waals surface area contributed by atoms with Gasteiger partial charge in [-0.25, -0.2) is 0 Å². The van der Waals surface area contributed by atoms with Gasteiger partial charge in [0.2, 0.25) is 5.91 Å². The maximum absolute atomic E-state index is 12.8. The smallest absolute Gasteiger partial charge is 0.251 e. The Morgan fingerprint density at radius 1 is 1.34 bits per heavy atom. The molecule has 6 nitrogen and oxygen atoms in total. The SMILES string of the molecule is COc1cccc2c(C)cc(=O)n(CC(=O)Nc3sc4c(c3C#N)CCCC4)c12. The van der Waals surface area contributed by atoms with Gasteiger partial charge < -0.3 is 10.1 Å². The molecule has 2 heterocycles. The average Bonchev–Trinajstić information content (AvgIpc) is 3.07. The van der Waals surface area contributed by atoms with E-state index in [2.05, 4.69) is 11.4 Å². The topological polar surface area (TPSA) is 84.1 Å². The third kappa shape index (κ3) is 3.40. The van der Waals surface area contributed by atoms with Crippen LogP contribution in [0.3, 0.4) is 0 Å². The number of aromatic nitrogens is 1. The van der Waals surface area contributed by atoms with Crippen molar-refractivity contribution in [3.05, 3.63) is 56.2 Å². The van der Waals surface area contributed by atoms with E-state index in [0.29, 0.717) is 21.8 Å². The number of methoxy groups -OCH3 is 1. The van der Waals surface area contributed by atoms with E-state index in [4.69, 9.17) is 4.74 Å². The molecule has 0 saturated carbocycles. The van der Waals surface area contributed by atoms with Crippen molar-refractivity contribution in [2.75, 3.05) is 12.4 Å². The molecule has 0 atom stereocenters. The highest BCUT2D eigenvalue weighted by Gasteiger charge is 2.22. The van der Waals surface area contributed by atoms with Crippen LogP contribution in [-0.2, 0) is 24.2 Å². The maximum Gasteiger partial charge on any atom is 0.251 e. The Hall–Kier alpha value is -3.11. The Morgan fingerprint density at radius 3 is 2.90 bits per heavy atom. The number of benzene rings is 1. The monoisotopic (exact) mass is 407 g/mol. The van der Waals surface area contributed by atoms with Gasteiger partial charge in [-0.1, -0.05) is 12.1 Å². The summed E-state index contributed by atoms with van der Waals surface area (Å²) in [5.41, 5.74) is 2.80. The molecule has 1 amide bonds. The first-order chi connectivity index (χ1) is 14.0. The summed E-state index contributed by atoms with van der Waals surface area (Å²) in [6.07, 6.45) is 4.00. The van der Waals surface area contributed by atoms with Crippen molar-refractivity contribution >= 4 is 33.1 Å². The summed E-state index contributed by atoms with van der Waals surface area (Å²) in [5, 5.41) is 13.9. The minimum Gasteiger partial charge on any atom is -0.495 e. The molecule has 4 rings (SSSR count). The Balaban J connectivity index is 1.70. The fourth-order valence-electron chi connectivity index (χ4n) is 3.97. The van der Waals surface area contributed by atoms with Gasteiger partial charge in [-0.05, 0) is 49.8 Å². The molecular formula is C22H21N3O3S. The van der Waals surface area contributed by atoms with Crippen LogP contribution in [0.25, 0.3) is 10.9 Å². The fraction of sp³-hybridized carbons (Fsp3) is 0.318. The standard InChI is InChI=1S/C22H21N3O3S/c1-13-10-20(27)25(21-14(13)7-5-8-17(21)28-2)12-19(26)24-22-16(11-23)15-6-3-4-9-18(15)29-22/h5,7-8,10H,3-4,6,9,12H2,1-2H3,(H,24,26). The third-order valence-corrected chi connectivity index (χ3v) is 6.56. The molecule has 3 aromatic rings. The number of nitrogens with one attached hydrogen (secondary N) is 1. The van der Waals surface area contributed by atoms with Gasteiger partial charge >= 0.3 is 0 Å². The largest absolute Gasteiger partial charge is 0.495 e. The Labute approximate surface area is 172 Å². The lowest BCUT2D eigenvalue weighted by Crippen LogP contribution is -2.28. The predicted molar refractivity (Wildman–Crippen MR) is 114 cm³/mol. The van der Waals surface area contributed by atoms with E-state index in [1.54, 1.807) is 13.2 Å². The molecule has 148 valence electrons. The highest BCUT2D eigenvalue weighted by atomic mass is 32.1. The summed E-state index contributed by atoms with van der Waals surface area (Å²) in [6, 6.07) is 9.31. The van der Waals surface area contributed by atoms with Gasteiger partial charge in [0.15, 0.2) is 0 Å². The molecule has 0 saturated heterocycles. The summed E-state index contributed by atoms with van der Waals surface area (Å²) >= 11 is 1.48. The first-order valence-electron chi connectivity index (χ1n) is 9.55. The van der Waals surface area contributed by atoms with Gasteiger partial charge in [0.05, 0.1) is 18.2 Å². The molecule has 1 N–H and O–H groups in total. The summed E-state index contributed by atoms with van der Waals surface area (Å²) in [6.45, 7) is 1.71. The second-order valence-corrected chi connectivity index (χ2v) is 8.29. The van der Waals surface area contributed by atoms with Gasteiger partial charge in [-0.2, -0.15) is 5.26 Å². The van der Waals surface area contributed by atoms with Crippen LogP contribution in [0.15, 0.2) is 29.1 Å². The zero-order valence-corrected chi connectivity index (χ0v) is 17.2. The van der Waals surface area contributed by atoms with Crippen molar-refractivity contribution in [3.8, 4) is 11.8 Å². The van der Waals surface area contributed by atoms with Crippen molar-refractivity contribution < 1.29 is 9.53 Å². The van der Waals surface area contributed by atoms with Gasteiger partial charge in [-0.15, -0.1) is 11.3 Å². The summed E-state index contributed by atoms with van der Waals surface area (Å²) in [7, 11) is 1.54. The van der Waals surface area contributed by atoms with E-state index in [0.717, 1.165) is 42.2 Å². The number of anilines is 1. The lowest BCUT2D eigenvalue weighted by molar-refractivity contribution is -0.116. The van der Waals surface area contributed by atoms with Gasteiger partial charge in [-0.3, -0.25) is 14.2 Å². The number of carbonyl (C=O) groups is 1. The van der Waals surface area contributed by atoms with E-state index >= 15 is 0 Å². The first kappa shape index (κ1) is 19.2. The fourth-order valence-corrected chi connectivity index (χ4v) is 5.23. The molecule has 0 fully saturated rings. The molecule has 0 bridgehead atoms. The molecule has 29 heavy (non-hydrogen) atoms. The number of nitrogens with zero attached hydrogens (tertiary/aromatic N) is 2. The van der Waals surface area contributed by atoms with Crippen LogP contribution in [0.1, 0.15) is 34.4 Å². The zero-order chi connectivity index (χ0) is 20.5. The molecular weight excluding hydrogens is 386 g/mol. The molecule has 1 aromatic carbocycles. The number of amides is 1. The number of pyridine rings is 1. The number of thiophene rings is 1. The summed E-state index contributed by atoms with van der Waals surface area (Å²) in [5.74, 6) is 0.207. The predicted octanol–water partition coefficient (Wildman–Crippen LogP) is 3.77. The number of nitriles is 1. The molecule has 0 spiro atoms. The number of fused-ring (bicyclic) bond motifs is 2. The number of ether oxygens (including phenoxy) is 1. The summed E-state index contributed by atoms with van der Waals surface area (Å²) in [4.78, 5) is 26.7. The number of hydrogen-bond acceptors (Lipinski definition) is 5. The minimum absolute atomic E-state index is 0.149. The van der Waals surface area contributed by atoms with Crippen LogP contribution in [0.5, 0.6) is 5.75 Å². The van der Waals surface area contributed by atoms with E-state index in [1.807, 2.05) is 19.1 Å². The Morgan fingerprint density at radius 2 is 2.14 bits per heavy atom. The minimum atomic E-state index is -0.335. The van der Waals surface area contributed by atoms with Crippen LogP contribution in [0.2, 0.25) is 0 Å². The van der Waals surface area contributed by atoms with Crippen molar-refractivity contribution in [2.45, 2.75) is 39.2 Å². The average molecular weight is 407 g/mol. The lowest BCUT2D eigenvalue weighted by atomic mass is 9.96. The summed E-state index contributed by atoms with van der Waals surface area (Å²) < 4.78 is 6.86. The van der Waals surface area contributed by atoms with Crippen LogP contribution in [0, 0.1) is 18.3 Å². The second kappa shape index (κ2) is 7.72. The van der Waals surface area contributed by atoms with Crippen LogP contribution in [-0.4, -0.2) is 17.6 Å². The van der Waals surface area contributed by atoms with Crippen molar-refractivity contribution in [2.24, 2.45) is 0 Å². The number of hydrogen-bond donors (Lipinski definition) is 1. The number of carbonyl (C=O) groups excluding carboxylic acids is 1. The van der Waals surface area contributed by atoms with Crippen molar-refractivity contribution in [1.29, 1.82) is 5.26 Å². The number of aryl methyl sites for hydroxylation is 2. The molecule has 7 heteroatoms. The van der Waals surface area contributed by atoms with E-state index in [-0.39, 0.29) is 18.0 Å².